The largest absolute Gasteiger partial charge is 0.348 e. The number of carbonyl (C=O) groups excluding carboxylic acids is 1. The maximum Gasteiger partial charge on any atom is 0.263 e. The van der Waals surface area contributed by atoms with Crippen molar-refractivity contribution in [2.45, 2.75) is 58.5 Å². The minimum absolute atomic E-state index is 0.0289. The van der Waals surface area contributed by atoms with E-state index < -0.39 is 0 Å². The molecule has 0 spiro atoms. The number of nitrogens with one attached hydrogen (secondary N) is 1. The monoisotopic (exact) mass is 371 g/mol. The van der Waals surface area contributed by atoms with Crippen LogP contribution in [0.4, 0.5) is 0 Å². The third-order valence-electron chi connectivity index (χ3n) is 5.10. The van der Waals surface area contributed by atoms with Crippen LogP contribution >= 0.6 is 11.3 Å². The Kier molecular flexibility index (Phi) is 5.78. The van der Waals surface area contributed by atoms with Gasteiger partial charge in [-0.1, -0.05) is 45.0 Å². The van der Waals surface area contributed by atoms with E-state index >= 15 is 0 Å². The minimum Gasteiger partial charge on any atom is -0.348 e. The lowest BCUT2D eigenvalue weighted by atomic mass is 9.86. The molecule has 1 fully saturated rings. The predicted octanol–water partition coefficient (Wildman–Crippen LogP) is 4.14. The van der Waals surface area contributed by atoms with E-state index in [0.29, 0.717) is 0 Å². The van der Waals surface area contributed by atoms with E-state index in [9.17, 15) is 4.79 Å². The van der Waals surface area contributed by atoms with Crippen LogP contribution in [0.3, 0.4) is 0 Å². The molecule has 0 aliphatic carbocycles. The summed E-state index contributed by atoms with van der Waals surface area (Å²) in [6.07, 6.45) is 2.01. The van der Waals surface area contributed by atoms with Gasteiger partial charge in [0.25, 0.3) is 5.91 Å². The first-order chi connectivity index (χ1) is 12.3. The minimum atomic E-state index is 0.0289. The van der Waals surface area contributed by atoms with E-state index in [1.54, 1.807) is 5.51 Å². The summed E-state index contributed by atoms with van der Waals surface area (Å²) < 4.78 is 0. The van der Waals surface area contributed by atoms with Crippen LogP contribution < -0.4 is 5.32 Å². The van der Waals surface area contributed by atoms with E-state index in [-0.39, 0.29) is 17.4 Å². The van der Waals surface area contributed by atoms with Crippen molar-refractivity contribution in [2.24, 2.45) is 0 Å². The molecule has 0 saturated carbocycles. The lowest BCUT2D eigenvalue weighted by molar-refractivity contribution is 0.0912. The highest BCUT2D eigenvalue weighted by Crippen LogP contribution is 2.23. The molecule has 0 radical (unpaired) electrons. The van der Waals surface area contributed by atoms with Gasteiger partial charge in [0.15, 0.2) is 0 Å². The Labute approximate surface area is 160 Å². The van der Waals surface area contributed by atoms with Crippen molar-refractivity contribution in [1.82, 2.24) is 15.2 Å². The van der Waals surface area contributed by atoms with Crippen molar-refractivity contribution in [3.05, 3.63) is 51.5 Å². The molecule has 1 aliphatic heterocycles. The fourth-order valence-electron chi connectivity index (χ4n) is 3.37. The fraction of sp³-hybridized carbons (Fsp3) is 0.524. The Hall–Kier alpha value is -1.72. The lowest BCUT2D eigenvalue weighted by Crippen LogP contribution is -2.44. The van der Waals surface area contributed by atoms with E-state index in [4.69, 9.17) is 0 Å². The molecule has 0 unspecified atom stereocenters. The molecule has 3 rings (SSSR count). The van der Waals surface area contributed by atoms with Gasteiger partial charge in [0.1, 0.15) is 4.88 Å². The molecule has 5 heteroatoms. The molecule has 1 aromatic carbocycles. The van der Waals surface area contributed by atoms with Gasteiger partial charge in [-0.15, -0.1) is 11.3 Å². The van der Waals surface area contributed by atoms with Gasteiger partial charge < -0.3 is 5.32 Å². The summed E-state index contributed by atoms with van der Waals surface area (Å²) in [7, 11) is 0. The molecule has 4 nitrogen and oxygen atoms in total. The van der Waals surface area contributed by atoms with Gasteiger partial charge in [-0.3, -0.25) is 9.69 Å². The molecular weight excluding hydrogens is 342 g/mol. The van der Waals surface area contributed by atoms with E-state index in [1.807, 2.05) is 6.92 Å². The smallest absolute Gasteiger partial charge is 0.263 e. The van der Waals surface area contributed by atoms with Gasteiger partial charge in [-0.2, -0.15) is 0 Å². The Balaban J connectivity index is 1.48. The van der Waals surface area contributed by atoms with Crippen LogP contribution in [0.5, 0.6) is 0 Å². The topological polar surface area (TPSA) is 45.2 Å². The van der Waals surface area contributed by atoms with Gasteiger partial charge in [-0.25, -0.2) is 4.98 Å². The van der Waals surface area contributed by atoms with Crippen molar-refractivity contribution in [2.75, 3.05) is 13.1 Å². The van der Waals surface area contributed by atoms with Crippen LogP contribution in [0.15, 0.2) is 29.8 Å². The van der Waals surface area contributed by atoms with Gasteiger partial charge in [-0.05, 0) is 36.3 Å². The number of likely N-dealkylation sites (tertiary alicyclic amines) is 1. The van der Waals surface area contributed by atoms with E-state index in [1.165, 1.54) is 22.5 Å². The SMILES string of the molecule is Cc1ncsc1C(=O)NC1CCN(Cc2ccc(C(C)(C)C)cc2)CC1. The van der Waals surface area contributed by atoms with Crippen molar-refractivity contribution in [3.8, 4) is 0 Å². The van der Waals surface area contributed by atoms with Crippen LogP contribution in [0.2, 0.25) is 0 Å². The van der Waals surface area contributed by atoms with Crippen LogP contribution in [-0.2, 0) is 12.0 Å². The van der Waals surface area contributed by atoms with Crippen molar-refractivity contribution in [1.29, 1.82) is 0 Å². The molecule has 26 heavy (non-hydrogen) atoms. The van der Waals surface area contributed by atoms with Crippen molar-refractivity contribution in [3.63, 3.8) is 0 Å². The molecule has 0 bridgehead atoms. The summed E-state index contributed by atoms with van der Waals surface area (Å²) in [5.74, 6) is 0.0289. The zero-order chi connectivity index (χ0) is 18.7. The molecule has 1 saturated heterocycles. The van der Waals surface area contributed by atoms with Crippen LogP contribution in [-0.4, -0.2) is 34.9 Å². The van der Waals surface area contributed by atoms with Gasteiger partial charge in [0.05, 0.1) is 11.2 Å². The Bertz CT molecular complexity index is 737. The van der Waals surface area contributed by atoms with Crippen molar-refractivity contribution < 1.29 is 4.79 Å². The quantitative estimate of drug-likeness (QED) is 0.878. The second-order valence-electron chi connectivity index (χ2n) is 8.24. The molecule has 2 aromatic rings. The number of carbonyl (C=O) groups is 1. The number of nitrogens with zero attached hydrogens (tertiary/aromatic N) is 2. The fourth-order valence-corrected chi connectivity index (χ4v) is 4.08. The number of piperidine rings is 1. The Morgan fingerprint density at radius 1 is 1.23 bits per heavy atom. The molecular formula is C21H29N3OS. The standard InChI is InChI=1S/C21H29N3OS/c1-15-19(26-14-22-15)20(25)23-18-9-11-24(12-10-18)13-16-5-7-17(8-6-16)21(2,3)4/h5-8,14,18H,9-13H2,1-4H3,(H,23,25). The molecule has 1 amide bonds. The first-order valence-electron chi connectivity index (χ1n) is 9.35. The third kappa shape index (κ3) is 4.71. The van der Waals surface area contributed by atoms with E-state index in [2.05, 4.69) is 60.2 Å². The van der Waals surface area contributed by atoms with Gasteiger partial charge in [0, 0.05) is 25.7 Å². The second-order valence-corrected chi connectivity index (χ2v) is 9.09. The molecule has 1 aromatic heterocycles. The number of aryl methyl sites for hydroxylation is 1. The number of hydrogen-bond donors (Lipinski definition) is 1. The number of thiazole rings is 1. The Morgan fingerprint density at radius 2 is 1.88 bits per heavy atom. The lowest BCUT2D eigenvalue weighted by Gasteiger charge is -2.32. The van der Waals surface area contributed by atoms with Crippen LogP contribution in [0, 0.1) is 6.92 Å². The highest BCUT2D eigenvalue weighted by atomic mass is 32.1. The Morgan fingerprint density at radius 3 is 2.42 bits per heavy atom. The maximum atomic E-state index is 12.3. The molecule has 2 heterocycles. The number of aromatic nitrogens is 1. The third-order valence-corrected chi connectivity index (χ3v) is 6.03. The number of benzene rings is 1. The first kappa shape index (κ1) is 19.1. The highest BCUT2D eigenvalue weighted by Gasteiger charge is 2.22. The normalized spacial score (nSPS) is 16.6. The molecule has 1 aliphatic rings. The second kappa shape index (κ2) is 7.89. The van der Waals surface area contributed by atoms with Crippen LogP contribution in [0.1, 0.15) is 60.1 Å². The average Bonchev–Trinajstić information content (AvgIpc) is 3.02. The first-order valence-corrected chi connectivity index (χ1v) is 10.2. The number of amides is 1. The molecule has 0 atom stereocenters. The number of rotatable bonds is 4. The van der Waals surface area contributed by atoms with Crippen LogP contribution in [0.25, 0.3) is 0 Å². The highest BCUT2D eigenvalue weighted by molar-refractivity contribution is 7.11. The number of hydrogen-bond acceptors (Lipinski definition) is 4. The van der Waals surface area contributed by atoms with Gasteiger partial charge >= 0.3 is 0 Å². The summed E-state index contributed by atoms with van der Waals surface area (Å²) in [5.41, 5.74) is 5.49. The summed E-state index contributed by atoms with van der Waals surface area (Å²) in [6, 6.07) is 9.27. The average molecular weight is 372 g/mol. The van der Waals surface area contributed by atoms with Crippen molar-refractivity contribution >= 4 is 17.2 Å². The van der Waals surface area contributed by atoms with Gasteiger partial charge in [0.2, 0.25) is 0 Å². The molecule has 140 valence electrons. The summed E-state index contributed by atoms with van der Waals surface area (Å²) in [6.45, 7) is 11.7. The summed E-state index contributed by atoms with van der Waals surface area (Å²) >= 11 is 1.42. The predicted molar refractivity (Wildman–Crippen MR) is 108 cm³/mol. The zero-order valence-electron chi connectivity index (χ0n) is 16.2. The zero-order valence-corrected chi connectivity index (χ0v) is 17.0. The van der Waals surface area contributed by atoms with E-state index in [0.717, 1.165) is 43.0 Å². The summed E-state index contributed by atoms with van der Waals surface area (Å²) in [5, 5.41) is 3.18. The maximum absolute atomic E-state index is 12.3. The summed E-state index contributed by atoms with van der Waals surface area (Å²) in [4.78, 5) is 19.7. The molecule has 1 N–H and O–H groups in total.